The molecular weight excluding hydrogens is 343 g/mol. The second-order valence-electron chi connectivity index (χ2n) is 4.38. The predicted molar refractivity (Wildman–Crippen MR) is 77.5 cm³/mol. The third kappa shape index (κ3) is 3.23. The number of carbonyl (C=O) groups is 1. The van der Waals surface area contributed by atoms with Crippen molar-refractivity contribution in [2.45, 2.75) is 19.3 Å². The first-order valence-corrected chi connectivity index (χ1v) is 7.30. The molecule has 2 atom stereocenters. The number of ether oxygens (including phenoxy) is 2. The van der Waals surface area contributed by atoms with E-state index in [1.165, 1.54) is 9.13 Å². The van der Waals surface area contributed by atoms with E-state index in [1.54, 1.807) is 0 Å². The van der Waals surface area contributed by atoms with Gasteiger partial charge in [0, 0.05) is 16.1 Å². The smallest absolute Gasteiger partial charge is 0.311 e. The third-order valence-corrected chi connectivity index (χ3v) is 3.96. The third-order valence-electron chi connectivity index (χ3n) is 3.24. The van der Waals surface area contributed by atoms with Crippen LogP contribution < -0.4 is 0 Å². The van der Waals surface area contributed by atoms with Crippen LogP contribution in [0.5, 0.6) is 0 Å². The van der Waals surface area contributed by atoms with Crippen molar-refractivity contribution in [1.29, 1.82) is 0 Å². The van der Waals surface area contributed by atoms with Crippen LogP contribution in [0, 0.1) is 9.49 Å². The Labute approximate surface area is 121 Å². The molecule has 0 bridgehead atoms. The number of carbonyl (C=O) groups excluding carboxylic acids is 1. The average Bonchev–Trinajstić information content (AvgIpc) is 2.40. The van der Waals surface area contributed by atoms with Crippen molar-refractivity contribution in [3.05, 3.63) is 33.4 Å². The maximum atomic E-state index is 11.9. The Balaban J connectivity index is 2.17. The molecule has 1 aromatic carbocycles. The van der Waals surface area contributed by atoms with Gasteiger partial charge in [0.1, 0.15) is 0 Å². The van der Waals surface area contributed by atoms with Crippen molar-refractivity contribution in [2.75, 3.05) is 19.8 Å². The van der Waals surface area contributed by atoms with Crippen LogP contribution in [0.1, 0.15) is 24.8 Å². The maximum absolute atomic E-state index is 11.9. The van der Waals surface area contributed by atoms with Crippen molar-refractivity contribution in [2.24, 2.45) is 5.92 Å². The largest absolute Gasteiger partial charge is 0.466 e. The molecule has 1 saturated heterocycles. The summed E-state index contributed by atoms with van der Waals surface area (Å²) in [6, 6.07) is 8.36. The molecule has 4 heteroatoms. The zero-order valence-corrected chi connectivity index (χ0v) is 12.6. The van der Waals surface area contributed by atoms with E-state index in [4.69, 9.17) is 9.47 Å². The molecule has 0 saturated carbocycles. The molecule has 0 amide bonds. The lowest BCUT2D eigenvalue weighted by molar-refractivity contribution is -0.153. The van der Waals surface area contributed by atoms with Crippen LogP contribution in [-0.4, -0.2) is 25.8 Å². The molecule has 1 heterocycles. The van der Waals surface area contributed by atoms with Gasteiger partial charge in [0.05, 0.1) is 19.1 Å². The monoisotopic (exact) mass is 360 g/mol. The zero-order valence-electron chi connectivity index (χ0n) is 10.4. The summed E-state index contributed by atoms with van der Waals surface area (Å²) in [7, 11) is 0. The Morgan fingerprint density at radius 2 is 2.17 bits per heavy atom. The molecule has 1 aliphatic rings. The Bertz CT molecular complexity index is 402. The standard InChI is InChI=1S/C14H17IO3/c1-2-18-14(16)13-9-17-8-7-12(13)10-3-5-11(15)6-4-10/h3-6,12-13H,2,7-9H2,1H3/t12-,13-/m0/s1. The van der Waals surface area contributed by atoms with Gasteiger partial charge in [0.15, 0.2) is 0 Å². The summed E-state index contributed by atoms with van der Waals surface area (Å²) >= 11 is 2.28. The van der Waals surface area contributed by atoms with E-state index in [0.29, 0.717) is 19.8 Å². The SMILES string of the molecule is CCOC(=O)[C@H]1COCC[C@H]1c1ccc(I)cc1. The summed E-state index contributed by atoms with van der Waals surface area (Å²) in [5.41, 5.74) is 1.21. The number of hydrogen-bond donors (Lipinski definition) is 0. The molecule has 0 spiro atoms. The molecule has 0 aliphatic carbocycles. The van der Waals surface area contributed by atoms with Gasteiger partial charge in [-0.3, -0.25) is 4.79 Å². The van der Waals surface area contributed by atoms with E-state index in [1.807, 2.05) is 6.92 Å². The molecule has 0 aromatic heterocycles. The van der Waals surface area contributed by atoms with Gasteiger partial charge in [-0.05, 0) is 53.6 Å². The van der Waals surface area contributed by atoms with Gasteiger partial charge >= 0.3 is 5.97 Å². The normalized spacial score (nSPS) is 23.7. The van der Waals surface area contributed by atoms with Crippen molar-refractivity contribution >= 4 is 28.6 Å². The fraction of sp³-hybridized carbons (Fsp3) is 0.500. The second kappa shape index (κ2) is 6.52. The highest BCUT2D eigenvalue weighted by Crippen LogP contribution is 2.33. The summed E-state index contributed by atoms with van der Waals surface area (Å²) in [6.07, 6.45) is 0.879. The van der Waals surface area contributed by atoms with Gasteiger partial charge < -0.3 is 9.47 Å². The first kappa shape index (κ1) is 13.8. The summed E-state index contributed by atoms with van der Waals surface area (Å²) in [5.74, 6) is -0.0886. The first-order valence-electron chi connectivity index (χ1n) is 6.22. The molecular formula is C14H17IO3. The van der Waals surface area contributed by atoms with E-state index in [0.717, 1.165) is 6.42 Å². The van der Waals surface area contributed by atoms with Gasteiger partial charge in [-0.2, -0.15) is 0 Å². The van der Waals surface area contributed by atoms with Gasteiger partial charge in [0.2, 0.25) is 0 Å². The number of halogens is 1. The number of rotatable bonds is 3. The lowest BCUT2D eigenvalue weighted by atomic mass is 9.83. The fourth-order valence-electron chi connectivity index (χ4n) is 2.33. The molecule has 0 N–H and O–H groups in total. The van der Waals surface area contributed by atoms with Crippen LogP contribution in [0.15, 0.2) is 24.3 Å². The minimum Gasteiger partial charge on any atom is -0.466 e. The highest BCUT2D eigenvalue weighted by atomic mass is 127. The summed E-state index contributed by atoms with van der Waals surface area (Å²) in [5, 5.41) is 0. The van der Waals surface area contributed by atoms with Gasteiger partial charge in [0.25, 0.3) is 0 Å². The highest BCUT2D eigenvalue weighted by molar-refractivity contribution is 14.1. The molecule has 1 fully saturated rings. The quantitative estimate of drug-likeness (QED) is 0.614. The topological polar surface area (TPSA) is 35.5 Å². The Morgan fingerprint density at radius 1 is 1.44 bits per heavy atom. The Kier molecular flexibility index (Phi) is 5.00. The second-order valence-corrected chi connectivity index (χ2v) is 5.63. The summed E-state index contributed by atoms with van der Waals surface area (Å²) in [4.78, 5) is 11.9. The first-order chi connectivity index (χ1) is 8.72. The van der Waals surface area contributed by atoms with Crippen molar-refractivity contribution in [3.63, 3.8) is 0 Å². The number of esters is 1. The number of benzene rings is 1. The predicted octanol–water partition coefficient (Wildman–Crippen LogP) is 2.97. The Hall–Kier alpha value is -0.620. The zero-order chi connectivity index (χ0) is 13.0. The van der Waals surface area contributed by atoms with Crippen molar-refractivity contribution in [1.82, 2.24) is 0 Å². The minimum absolute atomic E-state index is 0.138. The molecule has 2 rings (SSSR count). The van der Waals surface area contributed by atoms with Gasteiger partial charge in [-0.15, -0.1) is 0 Å². The number of hydrogen-bond acceptors (Lipinski definition) is 3. The average molecular weight is 360 g/mol. The van der Waals surface area contributed by atoms with Crippen molar-refractivity contribution < 1.29 is 14.3 Å². The van der Waals surface area contributed by atoms with Crippen LogP contribution >= 0.6 is 22.6 Å². The lowest BCUT2D eigenvalue weighted by Gasteiger charge is -2.30. The summed E-state index contributed by atoms with van der Waals surface area (Å²) in [6.45, 7) is 3.44. The molecule has 1 aliphatic heterocycles. The Morgan fingerprint density at radius 3 is 2.83 bits per heavy atom. The lowest BCUT2D eigenvalue weighted by Crippen LogP contribution is -2.33. The van der Waals surface area contributed by atoms with E-state index < -0.39 is 0 Å². The van der Waals surface area contributed by atoms with E-state index >= 15 is 0 Å². The maximum Gasteiger partial charge on any atom is 0.311 e. The van der Waals surface area contributed by atoms with E-state index in [2.05, 4.69) is 46.9 Å². The van der Waals surface area contributed by atoms with Gasteiger partial charge in [-0.1, -0.05) is 12.1 Å². The van der Waals surface area contributed by atoms with Crippen LogP contribution in [0.25, 0.3) is 0 Å². The van der Waals surface area contributed by atoms with E-state index in [9.17, 15) is 4.79 Å². The summed E-state index contributed by atoms with van der Waals surface area (Å²) < 4.78 is 11.8. The minimum atomic E-state index is -0.168. The molecule has 3 nitrogen and oxygen atoms in total. The highest BCUT2D eigenvalue weighted by Gasteiger charge is 2.33. The molecule has 98 valence electrons. The molecule has 0 unspecified atom stereocenters. The van der Waals surface area contributed by atoms with Crippen LogP contribution in [-0.2, 0) is 14.3 Å². The van der Waals surface area contributed by atoms with Crippen LogP contribution in [0.4, 0.5) is 0 Å². The molecule has 0 radical (unpaired) electrons. The molecule has 18 heavy (non-hydrogen) atoms. The van der Waals surface area contributed by atoms with E-state index in [-0.39, 0.29) is 17.8 Å². The molecule has 1 aromatic rings. The van der Waals surface area contributed by atoms with Crippen LogP contribution in [0.3, 0.4) is 0 Å². The van der Waals surface area contributed by atoms with Crippen molar-refractivity contribution in [3.8, 4) is 0 Å². The fourth-order valence-corrected chi connectivity index (χ4v) is 2.69. The van der Waals surface area contributed by atoms with Crippen LogP contribution in [0.2, 0.25) is 0 Å². The van der Waals surface area contributed by atoms with Gasteiger partial charge in [-0.25, -0.2) is 0 Å².